The molecule has 158 valence electrons. The van der Waals surface area contributed by atoms with Gasteiger partial charge in [-0.25, -0.2) is 9.50 Å². The number of benzene rings is 1. The zero-order valence-electron chi connectivity index (χ0n) is 18.0. The molecule has 4 aromatic heterocycles. The third kappa shape index (κ3) is 3.42. The summed E-state index contributed by atoms with van der Waals surface area (Å²) in [5.74, 6) is 0.719. The number of nitrogens with zero attached hydrogens (tertiary/aromatic N) is 5. The fourth-order valence-electron chi connectivity index (χ4n) is 4.63. The molecule has 1 saturated heterocycles. The van der Waals surface area contributed by atoms with Gasteiger partial charge in [-0.2, -0.15) is 5.10 Å². The normalized spacial score (nSPS) is 16.2. The predicted molar refractivity (Wildman–Crippen MR) is 126 cm³/mol. The third-order valence-corrected chi connectivity index (χ3v) is 6.32. The van der Waals surface area contributed by atoms with Crippen LogP contribution in [-0.2, 0) is 6.42 Å². The molecule has 5 heterocycles. The molecule has 32 heavy (non-hydrogen) atoms. The molecule has 1 N–H and O–H groups in total. The lowest BCUT2D eigenvalue weighted by Crippen LogP contribution is -2.10. The van der Waals surface area contributed by atoms with Crippen LogP contribution in [-0.4, -0.2) is 37.7 Å². The molecule has 1 atom stereocenters. The fraction of sp³-hybridized carbons (Fsp3) is 0.231. The molecule has 6 nitrogen and oxygen atoms in total. The standard InChI is InChI=1S/C26H24N6/c1-17-5-7-22-21(3-2-4-25(22)31-17)23-15-30-32-16-20(14-29-26(23)32)24-8-6-18(13-28-24)11-19-9-10-27-12-19/h2-8,13-16,19,27H,9-12H2,1H3. The smallest absolute Gasteiger partial charge is 0.162 e. The van der Waals surface area contributed by atoms with E-state index in [2.05, 4.69) is 39.7 Å². The van der Waals surface area contributed by atoms with E-state index in [1.807, 2.05) is 54.4 Å². The van der Waals surface area contributed by atoms with Gasteiger partial charge in [-0.3, -0.25) is 9.97 Å². The molecule has 0 amide bonds. The first-order chi connectivity index (χ1) is 15.7. The zero-order chi connectivity index (χ0) is 21.5. The van der Waals surface area contributed by atoms with E-state index in [-0.39, 0.29) is 0 Å². The molecule has 6 rings (SSSR count). The van der Waals surface area contributed by atoms with E-state index in [0.717, 1.165) is 70.1 Å². The number of fused-ring (bicyclic) bond motifs is 2. The largest absolute Gasteiger partial charge is 0.316 e. The van der Waals surface area contributed by atoms with Crippen molar-refractivity contribution < 1.29 is 0 Å². The maximum Gasteiger partial charge on any atom is 0.162 e. The zero-order valence-corrected chi connectivity index (χ0v) is 18.0. The molecule has 1 aromatic carbocycles. The quantitative estimate of drug-likeness (QED) is 0.465. The first-order valence-corrected chi connectivity index (χ1v) is 11.1. The van der Waals surface area contributed by atoms with Crippen LogP contribution in [0.3, 0.4) is 0 Å². The van der Waals surface area contributed by atoms with Crippen LogP contribution in [0, 0.1) is 12.8 Å². The van der Waals surface area contributed by atoms with Gasteiger partial charge in [0, 0.05) is 40.8 Å². The van der Waals surface area contributed by atoms with E-state index in [1.54, 1.807) is 0 Å². The van der Waals surface area contributed by atoms with Crippen molar-refractivity contribution in [3.05, 3.63) is 78.5 Å². The Hall–Kier alpha value is -3.64. The number of hydrogen-bond acceptors (Lipinski definition) is 5. The first kappa shape index (κ1) is 19.1. The van der Waals surface area contributed by atoms with E-state index in [4.69, 9.17) is 9.97 Å². The average Bonchev–Trinajstić information content (AvgIpc) is 3.48. The summed E-state index contributed by atoms with van der Waals surface area (Å²) in [5.41, 5.74) is 8.07. The van der Waals surface area contributed by atoms with Gasteiger partial charge >= 0.3 is 0 Å². The van der Waals surface area contributed by atoms with Crippen LogP contribution in [0.4, 0.5) is 0 Å². The van der Waals surface area contributed by atoms with Crippen molar-refractivity contribution in [3.8, 4) is 22.4 Å². The van der Waals surface area contributed by atoms with Crippen LogP contribution in [0.1, 0.15) is 17.7 Å². The molecule has 1 unspecified atom stereocenters. The molecular formula is C26H24N6. The van der Waals surface area contributed by atoms with Gasteiger partial charge in [0.1, 0.15) is 0 Å². The van der Waals surface area contributed by atoms with E-state index < -0.39 is 0 Å². The van der Waals surface area contributed by atoms with Gasteiger partial charge in [0.15, 0.2) is 5.65 Å². The monoisotopic (exact) mass is 420 g/mol. The van der Waals surface area contributed by atoms with Gasteiger partial charge in [-0.05, 0) is 68.1 Å². The van der Waals surface area contributed by atoms with Crippen molar-refractivity contribution in [2.24, 2.45) is 5.92 Å². The summed E-state index contributed by atoms with van der Waals surface area (Å²) in [5, 5.41) is 9.13. The van der Waals surface area contributed by atoms with Crippen LogP contribution in [0.5, 0.6) is 0 Å². The molecule has 1 aliphatic rings. The third-order valence-electron chi connectivity index (χ3n) is 6.32. The summed E-state index contributed by atoms with van der Waals surface area (Å²) in [6, 6.07) is 14.6. The minimum absolute atomic E-state index is 0.719. The molecule has 6 heteroatoms. The van der Waals surface area contributed by atoms with Gasteiger partial charge < -0.3 is 5.32 Å². The number of nitrogens with one attached hydrogen (secondary N) is 1. The Morgan fingerprint density at radius 1 is 1.00 bits per heavy atom. The highest BCUT2D eigenvalue weighted by molar-refractivity contribution is 5.98. The SMILES string of the molecule is Cc1ccc2c(-c3cnn4cc(-c5ccc(CC6CCNC6)cn5)cnc34)cccc2n1. The Balaban J connectivity index is 1.33. The van der Waals surface area contributed by atoms with Gasteiger partial charge in [-0.1, -0.05) is 24.3 Å². The van der Waals surface area contributed by atoms with Crippen LogP contribution < -0.4 is 5.32 Å². The van der Waals surface area contributed by atoms with Crippen LogP contribution >= 0.6 is 0 Å². The summed E-state index contributed by atoms with van der Waals surface area (Å²) < 4.78 is 1.84. The summed E-state index contributed by atoms with van der Waals surface area (Å²) >= 11 is 0. The minimum atomic E-state index is 0.719. The summed E-state index contributed by atoms with van der Waals surface area (Å²) in [6.07, 6.45) is 10.1. The molecule has 0 saturated carbocycles. The average molecular weight is 421 g/mol. The lowest BCUT2D eigenvalue weighted by atomic mass is 9.99. The first-order valence-electron chi connectivity index (χ1n) is 11.1. The molecule has 0 aliphatic carbocycles. The van der Waals surface area contributed by atoms with E-state index in [1.165, 1.54) is 12.0 Å². The number of aryl methyl sites for hydroxylation is 1. The Morgan fingerprint density at radius 3 is 2.81 bits per heavy atom. The lowest BCUT2D eigenvalue weighted by molar-refractivity contribution is 0.579. The Labute approximate surface area is 186 Å². The number of pyridine rings is 2. The van der Waals surface area contributed by atoms with Crippen molar-refractivity contribution in [3.63, 3.8) is 0 Å². The number of aromatic nitrogens is 5. The highest BCUT2D eigenvalue weighted by Gasteiger charge is 2.16. The minimum Gasteiger partial charge on any atom is -0.316 e. The predicted octanol–water partition coefficient (Wildman–Crippen LogP) is 4.47. The molecule has 1 aliphatic heterocycles. The number of hydrogen-bond donors (Lipinski definition) is 1. The molecular weight excluding hydrogens is 396 g/mol. The van der Waals surface area contributed by atoms with Crippen molar-refractivity contribution >= 4 is 16.6 Å². The van der Waals surface area contributed by atoms with Crippen LogP contribution in [0.15, 0.2) is 67.3 Å². The second-order valence-corrected chi connectivity index (χ2v) is 8.61. The van der Waals surface area contributed by atoms with Crippen LogP contribution in [0.2, 0.25) is 0 Å². The Kier molecular flexibility index (Phi) is 4.65. The summed E-state index contributed by atoms with van der Waals surface area (Å²) in [6.45, 7) is 4.25. The van der Waals surface area contributed by atoms with Gasteiger partial charge in [-0.15, -0.1) is 0 Å². The van der Waals surface area contributed by atoms with Crippen molar-refractivity contribution in [1.82, 2.24) is 29.9 Å². The number of rotatable bonds is 4. The van der Waals surface area contributed by atoms with Crippen molar-refractivity contribution in [2.45, 2.75) is 19.8 Å². The second kappa shape index (κ2) is 7.80. The Bertz CT molecular complexity index is 1410. The Morgan fingerprint density at radius 2 is 1.97 bits per heavy atom. The fourth-order valence-corrected chi connectivity index (χ4v) is 4.63. The maximum atomic E-state index is 4.76. The van der Waals surface area contributed by atoms with Gasteiger partial charge in [0.05, 0.1) is 17.4 Å². The maximum absolute atomic E-state index is 4.76. The molecule has 0 radical (unpaired) electrons. The van der Waals surface area contributed by atoms with Crippen LogP contribution in [0.25, 0.3) is 38.9 Å². The summed E-state index contributed by atoms with van der Waals surface area (Å²) in [7, 11) is 0. The summed E-state index contributed by atoms with van der Waals surface area (Å²) in [4.78, 5) is 14.1. The lowest BCUT2D eigenvalue weighted by Gasteiger charge is -2.09. The van der Waals surface area contributed by atoms with Crippen molar-refractivity contribution in [1.29, 1.82) is 0 Å². The molecule has 0 spiro atoms. The van der Waals surface area contributed by atoms with E-state index >= 15 is 0 Å². The topological polar surface area (TPSA) is 68.0 Å². The van der Waals surface area contributed by atoms with Gasteiger partial charge in [0.25, 0.3) is 0 Å². The van der Waals surface area contributed by atoms with E-state index in [0.29, 0.717) is 0 Å². The van der Waals surface area contributed by atoms with Gasteiger partial charge in [0.2, 0.25) is 0 Å². The van der Waals surface area contributed by atoms with E-state index in [9.17, 15) is 0 Å². The highest BCUT2D eigenvalue weighted by atomic mass is 15.2. The molecule has 0 bridgehead atoms. The van der Waals surface area contributed by atoms with Crippen molar-refractivity contribution in [2.75, 3.05) is 13.1 Å². The highest BCUT2D eigenvalue weighted by Crippen LogP contribution is 2.31. The molecule has 5 aromatic rings. The molecule has 1 fully saturated rings. The second-order valence-electron chi connectivity index (χ2n) is 8.61.